The van der Waals surface area contributed by atoms with E-state index in [2.05, 4.69) is 30.7 Å². The van der Waals surface area contributed by atoms with Gasteiger partial charge < -0.3 is 0 Å². The van der Waals surface area contributed by atoms with Gasteiger partial charge in [0.2, 0.25) is 5.95 Å². The fourth-order valence-corrected chi connectivity index (χ4v) is 2.66. The molecule has 0 atom stereocenters. The van der Waals surface area contributed by atoms with Crippen molar-refractivity contribution in [3.05, 3.63) is 41.6 Å². The zero-order chi connectivity index (χ0) is 21.9. The Hall–Kier alpha value is -3.38. The van der Waals surface area contributed by atoms with Crippen molar-refractivity contribution in [2.24, 2.45) is 5.10 Å². The van der Waals surface area contributed by atoms with E-state index in [4.69, 9.17) is 0 Å². The third kappa shape index (κ3) is 5.15. The van der Waals surface area contributed by atoms with Gasteiger partial charge >= 0.3 is 6.18 Å². The highest BCUT2D eigenvalue weighted by Gasteiger charge is 2.28. The van der Waals surface area contributed by atoms with Crippen LogP contribution in [0.4, 0.5) is 27.9 Å². The first kappa shape index (κ1) is 21.3. The van der Waals surface area contributed by atoms with Crippen LogP contribution in [0.25, 0.3) is 11.3 Å². The second kappa shape index (κ2) is 8.55. The number of nitrogens with one attached hydrogen (secondary N) is 1. The summed E-state index contributed by atoms with van der Waals surface area (Å²) < 4.78 is 66.0. The van der Waals surface area contributed by atoms with Crippen LogP contribution in [0.5, 0.6) is 0 Å². The fourth-order valence-electron chi connectivity index (χ4n) is 2.66. The summed E-state index contributed by atoms with van der Waals surface area (Å²) in [6.07, 6.45) is -3.43. The average Bonchev–Trinajstić information content (AvgIpc) is 3.26. The summed E-state index contributed by atoms with van der Waals surface area (Å²) in [5.74, 6) is -0.197. The van der Waals surface area contributed by atoms with Crippen LogP contribution in [0.3, 0.4) is 0 Å². The Kier molecular flexibility index (Phi) is 6.08. The number of alkyl halides is 5. The topological polar surface area (TPSA) is 85.8 Å². The van der Waals surface area contributed by atoms with Gasteiger partial charge in [0.1, 0.15) is 17.9 Å². The van der Waals surface area contributed by atoms with Gasteiger partial charge in [-0.2, -0.15) is 28.5 Å². The normalized spacial score (nSPS) is 12.3. The van der Waals surface area contributed by atoms with Crippen molar-refractivity contribution in [3.63, 3.8) is 0 Å². The minimum atomic E-state index is -4.40. The summed E-state index contributed by atoms with van der Waals surface area (Å²) in [6, 6.07) is 2.49. The van der Waals surface area contributed by atoms with Crippen molar-refractivity contribution < 1.29 is 22.0 Å². The van der Waals surface area contributed by atoms with Crippen LogP contribution in [0.15, 0.2) is 29.6 Å². The molecule has 3 aromatic heterocycles. The van der Waals surface area contributed by atoms with Crippen LogP contribution in [-0.2, 0) is 13.1 Å². The van der Waals surface area contributed by atoms with Gasteiger partial charge in [0.05, 0.1) is 18.1 Å². The van der Waals surface area contributed by atoms with Crippen LogP contribution < -0.4 is 5.43 Å². The van der Waals surface area contributed by atoms with E-state index in [0.717, 1.165) is 18.1 Å². The summed E-state index contributed by atoms with van der Waals surface area (Å²) >= 11 is 0. The Morgan fingerprint density at radius 1 is 1.27 bits per heavy atom. The standard InChI is InChI=1S/C17H17F5N8/c1-3-30-10(2)12(8-24-30)13-6-14(15(18)19)26-16(25-13)27-23-7-11-4-5-29(28-11)9-17(20,21)22/h4-8,15H,3,9H2,1-2H3,(H,25,26,27)/b23-7-. The Balaban J connectivity index is 1.81. The Bertz CT molecular complexity index is 1040. The van der Waals surface area contributed by atoms with Crippen LogP contribution in [0.2, 0.25) is 0 Å². The molecule has 1 N–H and O–H groups in total. The van der Waals surface area contributed by atoms with Crippen molar-refractivity contribution >= 4 is 12.2 Å². The van der Waals surface area contributed by atoms with Crippen molar-refractivity contribution in [2.75, 3.05) is 5.43 Å². The maximum absolute atomic E-state index is 13.3. The number of aryl methyl sites for hydroxylation is 1. The summed E-state index contributed by atoms with van der Waals surface area (Å²) in [6.45, 7) is 3.06. The van der Waals surface area contributed by atoms with E-state index in [0.29, 0.717) is 16.8 Å². The SMILES string of the molecule is CCn1ncc(-c2cc(C(F)F)nc(N/N=C\c3ccn(CC(F)(F)F)n3)n2)c1C. The molecule has 3 heterocycles. The molecule has 160 valence electrons. The van der Waals surface area contributed by atoms with E-state index in [1.54, 1.807) is 11.6 Å². The highest BCUT2D eigenvalue weighted by molar-refractivity contribution is 5.77. The number of anilines is 1. The molecule has 3 rings (SSSR count). The molecule has 0 aliphatic rings. The first-order chi connectivity index (χ1) is 14.2. The molecule has 0 unspecified atom stereocenters. The molecule has 8 nitrogen and oxygen atoms in total. The zero-order valence-electron chi connectivity index (χ0n) is 15.9. The molecule has 0 aliphatic heterocycles. The Labute approximate surface area is 167 Å². The summed E-state index contributed by atoms with van der Waals surface area (Å²) in [7, 11) is 0. The third-order valence-corrected chi connectivity index (χ3v) is 4.01. The predicted octanol–water partition coefficient (Wildman–Crippen LogP) is 3.81. The van der Waals surface area contributed by atoms with Crippen molar-refractivity contribution in [1.29, 1.82) is 0 Å². The van der Waals surface area contributed by atoms with Crippen molar-refractivity contribution in [3.8, 4) is 11.3 Å². The Morgan fingerprint density at radius 2 is 2.03 bits per heavy atom. The maximum atomic E-state index is 13.3. The molecule has 0 fully saturated rings. The van der Waals surface area contributed by atoms with Gasteiger partial charge in [0, 0.05) is 24.0 Å². The maximum Gasteiger partial charge on any atom is 0.408 e. The molecule has 0 saturated heterocycles. The van der Waals surface area contributed by atoms with E-state index in [9.17, 15) is 22.0 Å². The molecular formula is C17H17F5N8. The minimum absolute atomic E-state index is 0.136. The molecule has 0 amide bonds. The van der Waals surface area contributed by atoms with Gasteiger partial charge in [-0.25, -0.2) is 24.2 Å². The number of nitrogens with zero attached hydrogens (tertiary/aromatic N) is 7. The second-order valence-corrected chi connectivity index (χ2v) is 6.19. The van der Waals surface area contributed by atoms with Gasteiger partial charge in [-0.1, -0.05) is 0 Å². The lowest BCUT2D eigenvalue weighted by Gasteiger charge is -2.07. The smallest absolute Gasteiger partial charge is 0.269 e. The molecule has 0 saturated carbocycles. The second-order valence-electron chi connectivity index (χ2n) is 6.19. The van der Waals surface area contributed by atoms with E-state index in [1.807, 2.05) is 6.92 Å². The van der Waals surface area contributed by atoms with E-state index >= 15 is 0 Å². The number of aromatic nitrogens is 6. The third-order valence-electron chi connectivity index (χ3n) is 4.01. The number of hydrogen-bond donors (Lipinski definition) is 1. The predicted molar refractivity (Wildman–Crippen MR) is 98.1 cm³/mol. The van der Waals surface area contributed by atoms with Crippen molar-refractivity contribution in [2.45, 2.75) is 39.5 Å². The lowest BCUT2D eigenvalue weighted by molar-refractivity contribution is -0.142. The minimum Gasteiger partial charge on any atom is -0.269 e. The van der Waals surface area contributed by atoms with Crippen LogP contribution >= 0.6 is 0 Å². The van der Waals surface area contributed by atoms with Gasteiger partial charge in [-0.3, -0.25) is 9.36 Å². The summed E-state index contributed by atoms with van der Waals surface area (Å²) in [5.41, 5.74) is 3.60. The van der Waals surface area contributed by atoms with E-state index < -0.39 is 24.8 Å². The highest BCUT2D eigenvalue weighted by Crippen LogP contribution is 2.26. The lowest BCUT2D eigenvalue weighted by Crippen LogP contribution is -2.18. The monoisotopic (exact) mass is 428 g/mol. The van der Waals surface area contributed by atoms with Crippen LogP contribution in [0.1, 0.15) is 30.4 Å². The van der Waals surface area contributed by atoms with Gasteiger partial charge in [0.25, 0.3) is 6.43 Å². The van der Waals surface area contributed by atoms with Gasteiger partial charge in [0.15, 0.2) is 0 Å². The molecule has 3 aromatic rings. The molecule has 13 heteroatoms. The Morgan fingerprint density at radius 3 is 2.67 bits per heavy atom. The van der Waals surface area contributed by atoms with Crippen molar-refractivity contribution in [1.82, 2.24) is 29.5 Å². The number of hydrogen-bond acceptors (Lipinski definition) is 6. The molecule has 0 aliphatic carbocycles. The molecule has 0 radical (unpaired) electrons. The lowest BCUT2D eigenvalue weighted by atomic mass is 10.1. The van der Waals surface area contributed by atoms with Crippen LogP contribution in [-0.4, -0.2) is 41.9 Å². The van der Waals surface area contributed by atoms with Gasteiger partial charge in [-0.05, 0) is 26.0 Å². The summed E-state index contributed by atoms with van der Waals surface area (Å²) in [4.78, 5) is 7.89. The highest BCUT2D eigenvalue weighted by atomic mass is 19.4. The average molecular weight is 428 g/mol. The number of rotatable bonds is 7. The largest absolute Gasteiger partial charge is 0.408 e. The fraction of sp³-hybridized carbons (Fsp3) is 0.353. The van der Waals surface area contributed by atoms with Crippen LogP contribution in [0, 0.1) is 6.92 Å². The zero-order valence-corrected chi connectivity index (χ0v) is 15.9. The quantitative estimate of drug-likeness (QED) is 0.351. The molecule has 30 heavy (non-hydrogen) atoms. The molecular weight excluding hydrogens is 411 g/mol. The number of hydrazone groups is 1. The molecule has 0 aromatic carbocycles. The summed E-state index contributed by atoms with van der Waals surface area (Å²) in [5, 5.41) is 11.6. The van der Waals surface area contributed by atoms with E-state index in [1.165, 1.54) is 18.3 Å². The van der Waals surface area contributed by atoms with E-state index in [-0.39, 0.29) is 17.3 Å². The molecule has 0 spiro atoms. The molecule has 0 bridgehead atoms. The first-order valence-electron chi connectivity index (χ1n) is 8.75. The number of halogens is 5. The first-order valence-corrected chi connectivity index (χ1v) is 8.75. The van der Waals surface area contributed by atoms with Gasteiger partial charge in [-0.15, -0.1) is 0 Å².